The molecule has 1 aromatic rings. The van der Waals surface area contributed by atoms with Gasteiger partial charge in [-0.2, -0.15) is 11.3 Å². The van der Waals surface area contributed by atoms with Gasteiger partial charge in [-0.1, -0.05) is 6.42 Å². The number of carbonyl (C=O) groups excluding carboxylic acids is 2. The molecule has 2 heterocycles. The van der Waals surface area contributed by atoms with Crippen molar-refractivity contribution >= 4 is 23.2 Å². The molecule has 0 radical (unpaired) electrons. The van der Waals surface area contributed by atoms with Crippen molar-refractivity contribution in [3.05, 3.63) is 22.4 Å². The van der Waals surface area contributed by atoms with Crippen molar-refractivity contribution in [2.75, 3.05) is 32.7 Å². The molecule has 1 saturated heterocycles. The van der Waals surface area contributed by atoms with Crippen LogP contribution in [0.3, 0.4) is 0 Å². The maximum atomic E-state index is 11.7. The monoisotopic (exact) mass is 323 g/mol. The van der Waals surface area contributed by atoms with E-state index < -0.39 is 0 Å². The van der Waals surface area contributed by atoms with E-state index in [1.165, 1.54) is 43.7 Å². The number of nitrogens with one attached hydrogen (secondary N) is 2. The lowest BCUT2D eigenvalue weighted by atomic mass is 10.1. The van der Waals surface area contributed by atoms with Gasteiger partial charge in [-0.15, -0.1) is 0 Å². The fourth-order valence-electron chi connectivity index (χ4n) is 2.59. The third-order valence-corrected chi connectivity index (χ3v) is 4.53. The Morgan fingerprint density at radius 1 is 1.14 bits per heavy atom. The van der Waals surface area contributed by atoms with Crippen LogP contribution >= 0.6 is 11.3 Å². The molecule has 22 heavy (non-hydrogen) atoms. The van der Waals surface area contributed by atoms with Crippen LogP contribution < -0.4 is 10.6 Å². The maximum absolute atomic E-state index is 11.7. The Morgan fingerprint density at radius 3 is 2.68 bits per heavy atom. The molecule has 0 aliphatic carbocycles. The van der Waals surface area contributed by atoms with E-state index in [1.54, 1.807) is 11.4 Å². The van der Waals surface area contributed by atoms with Crippen LogP contribution in [0.1, 0.15) is 42.5 Å². The number of nitrogens with zero attached hydrogens (tertiary/aromatic N) is 1. The molecule has 1 aliphatic rings. The van der Waals surface area contributed by atoms with Crippen LogP contribution in [-0.2, 0) is 4.79 Å². The molecule has 1 fully saturated rings. The first kappa shape index (κ1) is 17.0. The number of piperidine rings is 1. The van der Waals surface area contributed by atoms with Gasteiger partial charge in [-0.3, -0.25) is 9.59 Å². The summed E-state index contributed by atoms with van der Waals surface area (Å²) >= 11 is 1.49. The van der Waals surface area contributed by atoms with Gasteiger partial charge < -0.3 is 15.5 Å². The van der Waals surface area contributed by atoms with Gasteiger partial charge in [0.1, 0.15) is 0 Å². The molecule has 2 amide bonds. The number of amides is 2. The van der Waals surface area contributed by atoms with Crippen molar-refractivity contribution in [1.29, 1.82) is 0 Å². The van der Waals surface area contributed by atoms with Gasteiger partial charge >= 0.3 is 0 Å². The number of carbonyl (C=O) groups is 2. The SMILES string of the molecule is O=C(CCNC(=O)c1ccsc1)NCCCN1CCCCC1. The fourth-order valence-corrected chi connectivity index (χ4v) is 3.22. The third-order valence-electron chi connectivity index (χ3n) is 3.84. The second-order valence-corrected chi connectivity index (χ2v) is 6.40. The molecule has 0 bridgehead atoms. The standard InChI is InChI=1S/C16H25N3O2S/c20-15(5-8-18-16(21)14-6-12-22-13-14)17-7-4-11-19-9-2-1-3-10-19/h6,12-13H,1-5,7-11H2,(H,17,20)(H,18,21). The molecular weight excluding hydrogens is 298 g/mol. The van der Waals surface area contributed by atoms with Crippen molar-refractivity contribution in [3.63, 3.8) is 0 Å². The Bertz CT molecular complexity index is 456. The zero-order chi connectivity index (χ0) is 15.6. The maximum Gasteiger partial charge on any atom is 0.252 e. The number of hydrogen-bond acceptors (Lipinski definition) is 4. The summed E-state index contributed by atoms with van der Waals surface area (Å²) in [4.78, 5) is 25.8. The van der Waals surface area contributed by atoms with Crippen molar-refractivity contribution < 1.29 is 9.59 Å². The molecule has 1 aromatic heterocycles. The van der Waals surface area contributed by atoms with Crippen molar-refractivity contribution in [2.45, 2.75) is 32.1 Å². The summed E-state index contributed by atoms with van der Waals surface area (Å²) in [5.74, 6) is -0.108. The van der Waals surface area contributed by atoms with Gasteiger partial charge in [0.05, 0.1) is 0 Å². The molecule has 0 saturated carbocycles. The minimum Gasteiger partial charge on any atom is -0.356 e. The Morgan fingerprint density at radius 2 is 1.95 bits per heavy atom. The highest BCUT2D eigenvalue weighted by Gasteiger charge is 2.09. The van der Waals surface area contributed by atoms with E-state index in [0.717, 1.165) is 13.0 Å². The van der Waals surface area contributed by atoms with E-state index in [0.29, 0.717) is 25.1 Å². The van der Waals surface area contributed by atoms with Crippen LogP contribution in [0.2, 0.25) is 0 Å². The number of rotatable bonds is 8. The lowest BCUT2D eigenvalue weighted by Gasteiger charge is -2.26. The van der Waals surface area contributed by atoms with Crippen molar-refractivity contribution in [3.8, 4) is 0 Å². The summed E-state index contributed by atoms with van der Waals surface area (Å²) in [6, 6.07) is 1.78. The zero-order valence-corrected chi connectivity index (χ0v) is 13.8. The van der Waals surface area contributed by atoms with Crippen molar-refractivity contribution in [2.24, 2.45) is 0 Å². The molecule has 5 nitrogen and oxygen atoms in total. The van der Waals surface area contributed by atoms with Crippen molar-refractivity contribution in [1.82, 2.24) is 15.5 Å². The second kappa shape index (κ2) is 9.58. The smallest absolute Gasteiger partial charge is 0.252 e. The molecule has 0 spiro atoms. The molecule has 2 N–H and O–H groups in total. The molecule has 0 unspecified atom stereocenters. The molecule has 0 aromatic carbocycles. The van der Waals surface area contributed by atoms with E-state index in [-0.39, 0.29) is 11.8 Å². The summed E-state index contributed by atoms with van der Waals surface area (Å²) < 4.78 is 0. The number of hydrogen-bond donors (Lipinski definition) is 2. The minimum absolute atomic E-state index is 0.00395. The lowest BCUT2D eigenvalue weighted by molar-refractivity contribution is -0.120. The average Bonchev–Trinajstić information content (AvgIpc) is 3.07. The molecule has 0 atom stereocenters. The van der Waals surface area contributed by atoms with Crippen LogP contribution in [-0.4, -0.2) is 49.4 Å². The first-order valence-corrected chi connectivity index (χ1v) is 8.99. The van der Waals surface area contributed by atoms with Gasteiger partial charge in [0.2, 0.25) is 5.91 Å². The molecule has 6 heteroatoms. The minimum atomic E-state index is -0.112. The first-order valence-electron chi connectivity index (χ1n) is 8.05. The normalized spacial score (nSPS) is 15.5. The molecule has 122 valence electrons. The lowest BCUT2D eigenvalue weighted by Crippen LogP contribution is -2.34. The largest absolute Gasteiger partial charge is 0.356 e. The summed E-state index contributed by atoms with van der Waals surface area (Å²) in [6.45, 7) is 4.56. The predicted octanol–water partition coefficient (Wildman–Crippen LogP) is 1.86. The highest BCUT2D eigenvalue weighted by atomic mass is 32.1. The Kier molecular flexibility index (Phi) is 7.39. The van der Waals surface area contributed by atoms with Gasteiger partial charge in [0, 0.05) is 30.5 Å². The van der Waals surface area contributed by atoms with E-state index >= 15 is 0 Å². The third kappa shape index (κ3) is 6.15. The van der Waals surface area contributed by atoms with Crippen LogP contribution in [0, 0.1) is 0 Å². The quantitative estimate of drug-likeness (QED) is 0.718. The van der Waals surface area contributed by atoms with Crippen LogP contribution in [0.15, 0.2) is 16.8 Å². The van der Waals surface area contributed by atoms with E-state index in [9.17, 15) is 9.59 Å². The topological polar surface area (TPSA) is 61.4 Å². The molecule has 1 aliphatic heterocycles. The summed E-state index contributed by atoms with van der Waals surface area (Å²) in [5.41, 5.74) is 0.659. The molecule has 2 rings (SSSR count). The van der Waals surface area contributed by atoms with Gasteiger partial charge in [0.25, 0.3) is 5.91 Å². The van der Waals surface area contributed by atoms with Gasteiger partial charge in [0.15, 0.2) is 0 Å². The predicted molar refractivity (Wildman–Crippen MR) is 89.2 cm³/mol. The summed E-state index contributed by atoms with van der Waals surface area (Å²) in [5, 5.41) is 9.34. The molecular formula is C16H25N3O2S. The van der Waals surface area contributed by atoms with Crippen LogP contribution in [0.5, 0.6) is 0 Å². The van der Waals surface area contributed by atoms with E-state index in [2.05, 4.69) is 15.5 Å². The Labute approximate surface area is 136 Å². The highest BCUT2D eigenvalue weighted by Crippen LogP contribution is 2.08. The number of thiophene rings is 1. The Hall–Kier alpha value is -1.40. The first-order chi connectivity index (χ1) is 10.8. The zero-order valence-electron chi connectivity index (χ0n) is 13.0. The van der Waals surface area contributed by atoms with Crippen LogP contribution in [0.4, 0.5) is 0 Å². The van der Waals surface area contributed by atoms with Gasteiger partial charge in [-0.05, 0) is 50.3 Å². The second-order valence-electron chi connectivity index (χ2n) is 5.62. The van der Waals surface area contributed by atoms with E-state index in [4.69, 9.17) is 0 Å². The number of likely N-dealkylation sites (tertiary alicyclic amines) is 1. The van der Waals surface area contributed by atoms with Gasteiger partial charge in [-0.25, -0.2) is 0 Å². The van der Waals surface area contributed by atoms with E-state index in [1.807, 2.05) is 5.38 Å². The highest BCUT2D eigenvalue weighted by molar-refractivity contribution is 7.08. The summed E-state index contributed by atoms with van der Waals surface area (Å²) in [6.07, 6.45) is 5.28. The summed E-state index contributed by atoms with van der Waals surface area (Å²) in [7, 11) is 0. The fraction of sp³-hybridized carbons (Fsp3) is 0.625. The Balaban J connectivity index is 1.48. The van der Waals surface area contributed by atoms with Crippen LogP contribution in [0.25, 0.3) is 0 Å². The average molecular weight is 323 g/mol.